The molecular weight excluding hydrogens is 290 g/mol. The Kier molecular flexibility index (Phi) is 3.87. The Morgan fingerprint density at radius 3 is 2.96 bits per heavy atom. The minimum absolute atomic E-state index is 0.114. The average Bonchev–Trinajstić information content (AvgIpc) is 2.87. The zero-order chi connectivity index (χ0) is 15.6. The van der Waals surface area contributed by atoms with Crippen LogP contribution in [0.5, 0.6) is 0 Å². The van der Waals surface area contributed by atoms with Gasteiger partial charge in [0.1, 0.15) is 6.26 Å². The van der Waals surface area contributed by atoms with Crippen molar-refractivity contribution >= 4 is 5.91 Å². The molecule has 0 saturated carbocycles. The third kappa shape index (κ3) is 3.15. The molecule has 2 aliphatic heterocycles. The number of hydrogen-bond donors (Lipinski definition) is 1. The Morgan fingerprint density at radius 2 is 2.09 bits per heavy atom. The van der Waals surface area contributed by atoms with E-state index >= 15 is 0 Å². The Balaban J connectivity index is 1.48. The number of likely N-dealkylation sites (tertiary alicyclic amines) is 1. The number of carbonyl (C=O) groups is 1. The predicted molar refractivity (Wildman–Crippen MR) is 86.5 cm³/mol. The van der Waals surface area contributed by atoms with Crippen LogP contribution in [0.4, 0.5) is 0 Å². The van der Waals surface area contributed by atoms with Crippen LogP contribution in [0.3, 0.4) is 0 Å². The molecule has 3 heterocycles. The van der Waals surface area contributed by atoms with Crippen molar-refractivity contribution in [3.05, 3.63) is 42.3 Å². The summed E-state index contributed by atoms with van der Waals surface area (Å²) in [5.74, 6) is 0.993. The molecule has 5 nitrogen and oxygen atoms in total. The Morgan fingerprint density at radius 1 is 1.22 bits per heavy atom. The van der Waals surface area contributed by atoms with Crippen molar-refractivity contribution in [1.29, 1.82) is 0 Å². The summed E-state index contributed by atoms with van der Waals surface area (Å²) in [7, 11) is 0. The molecule has 1 aromatic heterocycles. The van der Waals surface area contributed by atoms with Gasteiger partial charge in [0.05, 0.1) is 11.6 Å². The van der Waals surface area contributed by atoms with Crippen molar-refractivity contribution in [2.45, 2.75) is 31.8 Å². The Bertz CT molecular complexity index is 683. The summed E-state index contributed by atoms with van der Waals surface area (Å²) in [6.45, 7) is 2.45. The van der Waals surface area contributed by atoms with E-state index in [2.05, 4.69) is 15.2 Å². The minimum atomic E-state index is 0.114. The average molecular weight is 311 g/mol. The second-order valence-electron chi connectivity index (χ2n) is 6.54. The van der Waals surface area contributed by atoms with Gasteiger partial charge in [-0.25, -0.2) is 4.98 Å². The van der Waals surface area contributed by atoms with E-state index in [0.29, 0.717) is 5.89 Å². The summed E-state index contributed by atoms with van der Waals surface area (Å²) < 4.78 is 5.62. The molecule has 0 spiro atoms. The maximum atomic E-state index is 12.1. The molecule has 120 valence electrons. The van der Waals surface area contributed by atoms with Crippen LogP contribution in [0.1, 0.15) is 25.0 Å². The minimum Gasteiger partial charge on any atom is -0.444 e. The predicted octanol–water partition coefficient (Wildman–Crippen LogP) is 2.44. The molecule has 2 bridgehead atoms. The van der Waals surface area contributed by atoms with Crippen LogP contribution in [-0.4, -0.2) is 34.9 Å². The number of amides is 1. The largest absolute Gasteiger partial charge is 0.444 e. The van der Waals surface area contributed by atoms with Crippen molar-refractivity contribution in [1.82, 2.24) is 15.2 Å². The monoisotopic (exact) mass is 311 g/mol. The number of rotatable bonds is 3. The molecule has 5 heteroatoms. The second-order valence-corrected chi connectivity index (χ2v) is 6.54. The zero-order valence-corrected chi connectivity index (χ0v) is 13.1. The molecule has 2 fully saturated rings. The van der Waals surface area contributed by atoms with Gasteiger partial charge in [-0.2, -0.15) is 0 Å². The third-order valence-electron chi connectivity index (χ3n) is 4.74. The van der Waals surface area contributed by atoms with Gasteiger partial charge < -0.3 is 9.73 Å². The van der Waals surface area contributed by atoms with Crippen LogP contribution in [0, 0.1) is 5.92 Å². The Hall–Kier alpha value is -2.14. The highest BCUT2D eigenvalue weighted by Crippen LogP contribution is 2.24. The van der Waals surface area contributed by atoms with Gasteiger partial charge in [0.2, 0.25) is 11.8 Å². The molecule has 1 N–H and O–H groups in total. The van der Waals surface area contributed by atoms with E-state index in [1.165, 1.54) is 0 Å². The van der Waals surface area contributed by atoms with Crippen LogP contribution in [0.25, 0.3) is 11.5 Å². The van der Waals surface area contributed by atoms with Crippen molar-refractivity contribution in [2.75, 3.05) is 13.1 Å². The molecule has 23 heavy (non-hydrogen) atoms. The lowest BCUT2D eigenvalue weighted by Crippen LogP contribution is -2.38. The van der Waals surface area contributed by atoms with Gasteiger partial charge >= 0.3 is 0 Å². The first-order chi connectivity index (χ1) is 11.3. The number of carbonyl (C=O) groups excluding carboxylic acids is 1. The van der Waals surface area contributed by atoms with Crippen LogP contribution >= 0.6 is 0 Å². The molecule has 2 aromatic rings. The maximum Gasteiger partial charge on any atom is 0.226 e. The number of hydrogen-bond acceptors (Lipinski definition) is 4. The van der Waals surface area contributed by atoms with Crippen molar-refractivity contribution < 1.29 is 9.21 Å². The number of nitrogens with zero attached hydrogens (tertiary/aromatic N) is 2. The highest BCUT2D eigenvalue weighted by Gasteiger charge is 2.32. The Labute approximate surface area is 135 Å². The lowest BCUT2D eigenvalue weighted by Gasteiger charge is -2.26. The highest BCUT2D eigenvalue weighted by atomic mass is 16.3. The van der Waals surface area contributed by atoms with Gasteiger partial charge in [0.25, 0.3) is 0 Å². The summed E-state index contributed by atoms with van der Waals surface area (Å²) in [6.07, 6.45) is 4.95. The van der Waals surface area contributed by atoms with E-state index in [1.807, 2.05) is 30.3 Å². The maximum absolute atomic E-state index is 12.1. The van der Waals surface area contributed by atoms with Crippen LogP contribution in [0.15, 0.2) is 41.0 Å². The van der Waals surface area contributed by atoms with E-state index in [-0.39, 0.29) is 17.9 Å². The van der Waals surface area contributed by atoms with Crippen molar-refractivity contribution in [2.24, 2.45) is 5.92 Å². The van der Waals surface area contributed by atoms with Crippen LogP contribution in [0.2, 0.25) is 0 Å². The van der Waals surface area contributed by atoms with Crippen LogP contribution in [-0.2, 0) is 11.3 Å². The summed E-state index contributed by atoms with van der Waals surface area (Å²) in [4.78, 5) is 19.0. The SMILES string of the molecule is O=C1N[C@H]2CCC[C@@H]1CN(Cc1coc(-c3ccccc3)n1)C2. The molecule has 0 unspecified atom stereocenters. The van der Waals surface area contributed by atoms with Gasteiger partial charge in [-0.15, -0.1) is 0 Å². The van der Waals surface area contributed by atoms with Gasteiger partial charge in [-0.3, -0.25) is 9.69 Å². The molecule has 0 radical (unpaired) electrons. The van der Waals surface area contributed by atoms with Crippen molar-refractivity contribution in [3.63, 3.8) is 0 Å². The van der Waals surface area contributed by atoms with Gasteiger partial charge in [0.15, 0.2) is 0 Å². The third-order valence-corrected chi connectivity index (χ3v) is 4.74. The number of aromatic nitrogens is 1. The fraction of sp³-hybridized carbons (Fsp3) is 0.444. The fourth-order valence-electron chi connectivity index (χ4n) is 3.59. The second kappa shape index (κ2) is 6.16. The first kappa shape index (κ1) is 14.5. The molecule has 2 aliphatic rings. The number of benzene rings is 1. The van der Waals surface area contributed by atoms with E-state index in [0.717, 1.165) is 50.2 Å². The summed E-state index contributed by atoms with van der Waals surface area (Å²) in [6, 6.07) is 10.2. The summed E-state index contributed by atoms with van der Waals surface area (Å²) >= 11 is 0. The topological polar surface area (TPSA) is 58.4 Å². The quantitative estimate of drug-likeness (QED) is 0.946. The highest BCUT2D eigenvalue weighted by molar-refractivity contribution is 5.79. The van der Waals surface area contributed by atoms with E-state index in [1.54, 1.807) is 6.26 Å². The standard InChI is InChI=1S/C18H21N3O2/c22-17-14-7-4-8-15(19-17)10-21(9-14)11-16-12-23-18(20-16)13-5-2-1-3-6-13/h1-3,5-6,12,14-15H,4,7-11H2,(H,19,22)/t14-,15+/m1/s1. The summed E-state index contributed by atoms with van der Waals surface area (Å²) in [5, 5.41) is 3.16. The van der Waals surface area contributed by atoms with Gasteiger partial charge in [-0.1, -0.05) is 24.6 Å². The number of nitrogens with one attached hydrogen (secondary N) is 1. The lowest BCUT2D eigenvalue weighted by atomic mass is 9.99. The lowest BCUT2D eigenvalue weighted by molar-refractivity contribution is -0.124. The van der Waals surface area contributed by atoms with Gasteiger partial charge in [-0.05, 0) is 25.0 Å². The van der Waals surface area contributed by atoms with E-state index in [4.69, 9.17) is 4.42 Å². The molecular formula is C18H21N3O2. The molecule has 2 atom stereocenters. The normalized spacial score (nSPS) is 25.0. The fourth-order valence-corrected chi connectivity index (χ4v) is 3.59. The molecule has 0 aliphatic carbocycles. The first-order valence-corrected chi connectivity index (χ1v) is 8.30. The number of fused-ring (bicyclic) bond motifs is 3. The van der Waals surface area contributed by atoms with Crippen LogP contribution < -0.4 is 5.32 Å². The van der Waals surface area contributed by atoms with Gasteiger partial charge in [0, 0.05) is 31.2 Å². The van der Waals surface area contributed by atoms with Crippen molar-refractivity contribution in [3.8, 4) is 11.5 Å². The molecule has 2 saturated heterocycles. The zero-order valence-electron chi connectivity index (χ0n) is 13.1. The molecule has 1 amide bonds. The van der Waals surface area contributed by atoms with E-state index < -0.39 is 0 Å². The smallest absolute Gasteiger partial charge is 0.226 e. The molecule has 1 aromatic carbocycles. The van der Waals surface area contributed by atoms with E-state index in [9.17, 15) is 4.79 Å². The number of oxazole rings is 1. The first-order valence-electron chi connectivity index (χ1n) is 8.30. The summed E-state index contributed by atoms with van der Waals surface area (Å²) in [5.41, 5.74) is 1.92. The molecule has 4 rings (SSSR count).